The fourth-order valence-corrected chi connectivity index (χ4v) is 6.08. The molecule has 10 heteroatoms. The second-order valence-corrected chi connectivity index (χ2v) is 11.2. The lowest BCUT2D eigenvalue weighted by molar-refractivity contribution is -0.147. The van der Waals surface area contributed by atoms with Gasteiger partial charge in [0.15, 0.2) is 0 Å². The summed E-state index contributed by atoms with van der Waals surface area (Å²) in [6.45, 7) is 9.21. The minimum Gasteiger partial charge on any atom is -0.379 e. The van der Waals surface area contributed by atoms with Gasteiger partial charge in [-0.2, -0.15) is 4.31 Å². The summed E-state index contributed by atoms with van der Waals surface area (Å²) in [5.74, 6) is -0.214. The summed E-state index contributed by atoms with van der Waals surface area (Å²) in [7, 11) is -2.06. The van der Waals surface area contributed by atoms with Gasteiger partial charge in [0.05, 0.1) is 24.8 Å². The molecule has 0 aromatic heterocycles. The summed E-state index contributed by atoms with van der Waals surface area (Å²) in [5.41, 5.74) is -0.125. The maximum Gasteiger partial charge on any atom is 0.252 e. The first kappa shape index (κ1) is 24.4. The number of ether oxygens (including phenoxy) is 2. The third-order valence-electron chi connectivity index (χ3n) is 5.56. The SMILES string of the molecule is CN(CC(C)(C)CN1CCOCC1)C(=O)[C@H]1CN(S(=O)(=O)c2ccccc2Cl)CCO1. The molecule has 0 radical (unpaired) electrons. The van der Waals surface area contributed by atoms with Crippen LogP contribution in [0, 0.1) is 5.41 Å². The van der Waals surface area contributed by atoms with Gasteiger partial charge in [0.1, 0.15) is 11.0 Å². The number of likely N-dealkylation sites (N-methyl/N-ethyl adjacent to an activating group) is 1. The van der Waals surface area contributed by atoms with E-state index in [1.807, 2.05) is 0 Å². The van der Waals surface area contributed by atoms with Gasteiger partial charge in [-0.25, -0.2) is 8.42 Å². The first-order chi connectivity index (χ1) is 14.6. The van der Waals surface area contributed by atoms with Crippen LogP contribution < -0.4 is 0 Å². The zero-order valence-corrected chi connectivity index (χ0v) is 20.0. The van der Waals surface area contributed by atoms with Gasteiger partial charge in [-0.05, 0) is 17.5 Å². The predicted octanol–water partition coefficient (Wildman–Crippen LogP) is 1.55. The molecule has 1 atom stereocenters. The third-order valence-corrected chi connectivity index (χ3v) is 7.92. The Morgan fingerprint density at radius 1 is 1.19 bits per heavy atom. The normalized spacial score (nSPS) is 21.7. The highest BCUT2D eigenvalue weighted by atomic mass is 35.5. The Balaban J connectivity index is 1.62. The standard InChI is InChI=1S/C21H32ClN3O5S/c1-21(2,16-24-8-11-29-12-9-24)15-23(3)20(26)18-14-25(10-13-30-18)31(27,28)19-7-5-4-6-17(19)22/h4-7,18H,8-16H2,1-3H3/t18-/m1/s1. The fraction of sp³-hybridized carbons (Fsp3) is 0.667. The van der Waals surface area contributed by atoms with E-state index >= 15 is 0 Å². The molecule has 1 aromatic carbocycles. The van der Waals surface area contributed by atoms with Crippen LogP contribution >= 0.6 is 11.6 Å². The number of morpholine rings is 2. The summed E-state index contributed by atoms with van der Waals surface area (Å²) < 4.78 is 38.4. The van der Waals surface area contributed by atoms with Gasteiger partial charge < -0.3 is 14.4 Å². The Bertz CT molecular complexity index is 874. The lowest BCUT2D eigenvalue weighted by atomic mass is 9.91. The molecule has 0 aliphatic carbocycles. The van der Waals surface area contributed by atoms with Crippen molar-refractivity contribution >= 4 is 27.5 Å². The van der Waals surface area contributed by atoms with Crippen molar-refractivity contribution in [1.82, 2.24) is 14.1 Å². The highest BCUT2D eigenvalue weighted by Gasteiger charge is 2.37. The number of nitrogens with zero attached hydrogens (tertiary/aromatic N) is 3. The van der Waals surface area contributed by atoms with Crippen molar-refractivity contribution in [3.8, 4) is 0 Å². The van der Waals surface area contributed by atoms with Crippen molar-refractivity contribution in [3.63, 3.8) is 0 Å². The van der Waals surface area contributed by atoms with Crippen LogP contribution in [0.2, 0.25) is 5.02 Å². The Kier molecular flexibility index (Phi) is 7.99. The van der Waals surface area contributed by atoms with Crippen LogP contribution in [0.1, 0.15) is 13.8 Å². The Morgan fingerprint density at radius 3 is 2.55 bits per heavy atom. The average Bonchev–Trinajstić information content (AvgIpc) is 2.73. The topological polar surface area (TPSA) is 79.4 Å². The van der Waals surface area contributed by atoms with Crippen molar-refractivity contribution in [2.75, 3.05) is 66.1 Å². The Labute approximate surface area is 190 Å². The molecule has 2 aliphatic rings. The van der Waals surface area contributed by atoms with Crippen LogP contribution in [-0.2, 0) is 24.3 Å². The van der Waals surface area contributed by atoms with Gasteiger partial charge in [-0.3, -0.25) is 9.69 Å². The Morgan fingerprint density at radius 2 is 1.87 bits per heavy atom. The number of amides is 1. The molecule has 1 aromatic rings. The molecule has 0 unspecified atom stereocenters. The number of carbonyl (C=O) groups excluding carboxylic acids is 1. The van der Waals surface area contributed by atoms with E-state index in [2.05, 4.69) is 18.7 Å². The molecule has 0 saturated carbocycles. The number of carbonyl (C=O) groups is 1. The van der Waals surface area contributed by atoms with Crippen LogP contribution in [0.25, 0.3) is 0 Å². The molecule has 2 heterocycles. The van der Waals surface area contributed by atoms with E-state index in [4.69, 9.17) is 21.1 Å². The number of rotatable bonds is 7. The highest BCUT2D eigenvalue weighted by Crippen LogP contribution is 2.26. The number of hydrogen-bond acceptors (Lipinski definition) is 6. The molecular formula is C21H32ClN3O5S. The summed E-state index contributed by atoms with van der Waals surface area (Å²) in [6.07, 6.45) is -0.838. The van der Waals surface area contributed by atoms with Crippen LogP contribution in [0.4, 0.5) is 0 Å². The third kappa shape index (κ3) is 6.18. The summed E-state index contributed by atoms with van der Waals surface area (Å²) in [5, 5.41) is 0.166. The summed E-state index contributed by atoms with van der Waals surface area (Å²) in [4.78, 5) is 17.1. The van der Waals surface area contributed by atoms with Gasteiger partial charge >= 0.3 is 0 Å². The minimum absolute atomic E-state index is 0.0272. The van der Waals surface area contributed by atoms with Crippen LogP contribution in [-0.4, -0.2) is 101 Å². The van der Waals surface area contributed by atoms with Crippen molar-refractivity contribution in [2.45, 2.75) is 24.8 Å². The molecule has 2 aliphatic heterocycles. The first-order valence-corrected chi connectivity index (χ1v) is 12.3. The van der Waals surface area contributed by atoms with E-state index in [-0.39, 0.29) is 40.9 Å². The second kappa shape index (κ2) is 10.1. The fourth-order valence-electron chi connectivity index (χ4n) is 4.17. The van der Waals surface area contributed by atoms with Crippen LogP contribution in [0.5, 0.6) is 0 Å². The zero-order chi connectivity index (χ0) is 22.6. The van der Waals surface area contributed by atoms with Crippen molar-refractivity contribution < 1.29 is 22.7 Å². The van der Waals surface area contributed by atoms with Crippen molar-refractivity contribution in [3.05, 3.63) is 29.3 Å². The largest absolute Gasteiger partial charge is 0.379 e. The van der Waals surface area contributed by atoms with Gasteiger partial charge in [0, 0.05) is 46.3 Å². The van der Waals surface area contributed by atoms with Crippen LogP contribution in [0.3, 0.4) is 0 Å². The molecule has 2 fully saturated rings. The van der Waals surface area contributed by atoms with Gasteiger partial charge in [0.25, 0.3) is 5.91 Å². The van der Waals surface area contributed by atoms with E-state index < -0.39 is 16.1 Å². The molecule has 0 bridgehead atoms. The van der Waals surface area contributed by atoms with E-state index in [0.29, 0.717) is 6.54 Å². The molecular weight excluding hydrogens is 442 g/mol. The molecule has 3 rings (SSSR count). The minimum atomic E-state index is -3.81. The quantitative estimate of drug-likeness (QED) is 0.597. The first-order valence-electron chi connectivity index (χ1n) is 10.5. The molecule has 2 saturated heterocycles. The van der Waals surface area contributed by atoms with E-state index in [9.17, 15) is 13.2 Å². The van der Waals surface area contributed by atoms with Crippen LogP contribution in [0.15, 0.2) is 29.2 Å². The lowest BCUT2D eigenvalue weighted by Gasteiger charge is -2.38. The summed E-state index contributed by atoms with van der Waals surface area (Å²) >= 11 is 6.11. The zero-order valence-electron chi connectivity index (χ0n) is 18.4. The van der Waals surface area contributed by atoms with E-state index in [1.165, 1.54) is 10.4 Å². The maximum atomic E-state index is 13.1. The predicted molar refractivity (Wildman–Crippen MR) is 119 cm³/mol. The molecule has 8 nitrogen and oxygen atoms in total. The molecule has 1 amide bonds. The smallest absolute Gasteiger partial charge is 0.252 e. The average molecular weight is 474 g/mol. The summed E-state index contributed by atoms with van der Waals surface area (Å²) in [6, 6.07) is 6.33. The number of sulfonamides is 1. The monoisotopic (exact) mass is 473 g/mol. The number of hydrogen-bond donors (Lipinski definition) is 0. The van der Waals surface area contributed by atoms with E-state index in [1.54, 1.807) is 30.1 Å². The van der Waals surface area contributed by atoms with Crippen molar-refractivity contribution in [1.29, 1.82) is 0 Å². The van der Waals surface area contributed by atoms with Gasteiger partial charge in [-0.15, -0.1) is 0 Å². The molecule has 0 spiro atoms. The number of halogens is 1. The molecule has 0 N–H and O–H groups in total. The van der Waals surface area contributed by atoms with Crippen molar-refractivity contribution in [2.24, 2.45) is 5.41 Å². The maximum absolute atomic E-state index is 13.1. The molecule has 31 heavy (non-hydrogen) atoms. The van der Waals surface area contributed by atoms with E-state index in [0.717, 1.165) is 32.8 Å². The van der Waals surface area contributed by atoms with Gasteiger partial charge in [0.2, 0.25) is 10.0 Å². The van der Waals surface area contributed by atoms with Gasteiger partial charge in [-0.1, -0.05) is 37.6 Å². The second-order valence-electron chi connectivity index (χ2n) is 8.90. The Hall–Kier alpha value is -1.23. The number of benzene rings is 1. The highest BCUT2D eigenvalue weighted by molar-refractivity contribution is 7.89. The lowest BCUT2D eigenvalue weighted by Crippen LogP contribution is -2.53. The molecule has 174 valence electrons.